The van der Waals surface area contributed by atoms with Crippen molar-refractivity contribution in [3.8, 4) is 0 Å². The number of esters is 2. The molecule has 0 unspecified atom stereocenters. The highest BCUT2D eigenvalue weighted by molar-refractivity contribution is 5.69. The summed E-state index contributed by atoms with van der Waals surface area (Å²) in [6.45, 7) is 4.12. The summed E-state index contributed by atoms with van der Waals surface area (Å²) < 4.78 is 10.3. The van der Waals surface area contributed by atoms with Crippen molar-refractivity contribution < 1.29 is 34.4 Å². The molecule has 3 N–H and O–H groups in total. The third-order valence-corrected chi connectivity index (χ3v) is 8.95. The fraction of sp³-hybridized carbons (Fsp3) is 0.900. The van der Waals surface area contributed by atoms with Crippen LogP contribution in [0.15, 0.2) is 12.2 Å². The van der Waals surface area contributed by atoms with Crippen LogP contribution in [0.25, 0.3) is 0 Å². The molecule has 0 aromatic heterocycles. The number of hydrogen-bond acceptors (Lipinski definition) is 7. The van der Waals surface area contributed by atoms with E-state index in [4.69, 9.17) is 9.47 Å². The fourth-order valence-corrected chi connectivity index (χ4v) is 5.76. The van der Waals surface area contributed by atoms with Crippen molar-refractivity contribution in [2.24, 2.45) is 0 Å². The number of rotatable bonds is 36. The molecule has 0 amide bonds. The van der Waals surface area contributed by atoms with E-state index in [1.54, 1.807) is 0 Å². The van der Waals surface area contributed by atoms with Gasteiger partial charge in [0.05, 0.1) is 12.2 Å². The molecule has 7 nitrogen and oxygen atoms in total. The Balaban J connectivity index is 3.52. The van der Waals surface area contributed by atoms with Crippen LogP contribution < -0.4 is 0 Å². The molecule has 0 saturated carbocycles. The summed E-state index contributed by atoms with van der Waals surface area (Å²) in [5.41, 5.74) is 0. The lowest BCUT2D eigenvalue weighted by atomic mass is 10.0. The van der Waals surface area contributed by atoms with E-state index in [0.29, 0.717) is 25.7 Å². The van der Waals surface area contributed by atoms with Gasteiger partial charge in [0.2, 0.25) is 0 Å². The van der Waals surface area contributed by atoms with Gasteiger partial charge in [-0.2, -0.15) is 0 Å². The maximum absolute atomic E-state index is 12.0. The number of aliphatic hydroxyl groups is 3. The number of carbonyl (C=O) groups is 2. The Hall–Kier alpha value is -1.44. The van der Waals surface area contributed by atoms with E-state index in [9.17, 15) is 24.9 Å². The molecule has 0 aliphatic rings. The molecule has 0 rings (SSSR count). The quantitative estimate of drug-likeness (QED) is 0.0346. The molecule has 0 saturated heterocycles. The molecule has 0 aliphatic carbocycles. The summed E-state index contributed by atoms with van der Waals surface area (Å²) in [5.74, 6) is -0.665. The van der Waals surface area contributed by atoms with Gasteiger partial charge in [0.25, 0.3) is 0 Å². The van der Waals surface area contributed by atoms with Crippen molar-refractivity contribution in [1.29, 1.82) is 0 Å². The Labute approximate surface area is 289 Å². The minimum atomic E-state index is -1.01. The first-order chi connectivity index (χ1) is 22.9. The van der Waals surface area contributed by atoms with Crippen molar-refractivity contribution in [3.05, 3.63) is 12.2 Å². The summed E-state index contributed by atoms with van der Waals surface area (Å²) >= 11 is 0. The van der Waals surface area contributed by atoms with Gasteiger partial charge in [0.1, 0.15) is 19.3 Å². The first-order valence-electron chi connectivity index (χ1n) is 19.9. The summed E-state index contributed by atoms with van der Waals surface area (Å²) in [6, 6.07) is 0. The summed E-state index contributed by atoms with van der Waals surface area (Å²) in [5, 5.41) is 30.2. The number of hydrogen-bond donors (Lipinski definition) is 3. The molecule has 0 radical (unpaired) electrons. The molecule has 0 bridgehead atoms. The van der Waals surface area contributed by atoms with Gasteiger partial charge < -0.3 is 24.8 Å². The maximum atomic E-state index is 12.0. The molecule has 278 valence electrons. The Bertz CT molecular complexity index is 711. The molecule has 7 heteroatoms. The van der Waals surface area contributed by atoms with E-state index in [-0.39, 0.29) is 31.6 Å². The third kappa shape index (κ3) is 34.2. The first kappa shape index (κ1) is 45.6. The standard InChI is InChI=1S/C40H76O7/c1-3-5-7-9-11-12-13-14-15-16-17-18-19-20-24-28-32-39(44)46-34-36(41)35-47-40(45)33-29-25-21-23-27-31-38(43)37(42)30-26-22-10-8-6-4-2/h22,26,36-38,41-43H,3-21,23-25,27-35H2,1-2H3/b26-22-/t36-,37+,38+/m0/s1. The minimum absolute atomic E-state index is 0.152. The van der Waals surface area contributed by atoms with Gasteiger partial charge >= 0.3 is 11.9 Å². The number of allylic oxidation sites excluding steroid dienone is 1. The second-order valence-electron chi connectivity index (χ2n) is 13.7. The highest BCUT2D eigenvalue weighted by Gasteiger charge is 2.14. The summed E-state index contributed by atoms with van der Waals surface area (Å²) in [4.78, 5) is 23.9. The van der Waals surface area contributed by atoms with Gasteiger partial charge in [-0.25, -0.2) is 0 Å². The van der Waals surface area contributed by atoms with Crippen LogP contribution in [-0.4, -0.2) is 58.8 Å². The highest BCUT2D eigenvalue weighted by Crippen LogP contribution is 2.15. The topological polar surface area (TPSA) is 113 Å². The van der Waals surface area contributed by atoms with Gasteiger partial charge in [0.15, 0.2) is 0 Å². The van der Waals surface area contributed by atoms with Crippen molar-refractivity contribution in [1.82, 2.24) is 0 Å². The third-order valence-electron chi connectivity index (χ3n) is 8.95. The van der Waals surface area contributed by atoms with Crippen molar-refractivity contribution in [2.75, 3.05) is 13.2 Å². The van der Waals surface area contributed by atoms with Crippen molar-refractivity contribution in [2.45, 2.75) is 218 Å². The van der Waals surface area contributed by atoms with Crippen LogP contribution >= 0.6 is 0 Å². The van der Waals surface area contributed by atoms with Crippen LogP contribution in [0.4, 0.5) is 0 Å². The average molecular weight is 669 g/mol. The van der Waals surface area contributed by atoms with Crippen LogP contribution in [0, 0.1) is 0 Å². The number of aliphatic hydroxyl groups excluding tert-OH is 3. The zero-order valence-corrected chi connectivity index (χ0v) is 30.8. The van der Waals surface area contributed by atoms with E-state index in [1.807, 2.05) is 6.08 Å². The highest BCUT2D eigenvalue weighted by atomic mass is 16.6. The van der Waals surface area contributed by atoms with Gasteiger partial charge in [0, 0.05) is 12.8 Å². The molecule has 0 aromatic carbocycles. The monoisotopic (exact) mass is 669 g/mol. The van der Waals surface area contributed by atoms with E-state index < -0.39 is 18.3 Å². The maximum Gasteiger partial charge on any atom is 0.305 e. The van der Waals surface area contributed by atoms with Crippen LogP contribution in [0.1, 0.15) is 200 Å². The predicted molar refractivity (Wildman–Crippen MR) is 194 cm³/mol. The Morgan fingerprint density at radius 2 is 0.872 bits per heavy atom. The Kier molecular flexibility index (Phi) is 34.8. The average Bonchev–Trinajstić information content (AvgIpc) is 3.07. The molecule has 3 atom stereocenters. The molecule has 0 spiro atoms. The van der Waals surface area contributed by atoms with Crippen LogP contribution in [-0.2, 0) is 19.1 Å². The number of unbranched alkanes of at least 4 members (excludes halogenated alkanes) is 22. The Morgan fingerprint density at radius 3 is 1.32 bits per heavy atom. The predicted octanol–water partition coefficient (Wildman–Crippen LogP) is 10.1. The SMILES string of the molecule is CCCCC/C=C\C[C@@H](O)[C@H](O)CCCCCCCC(=O)OC[C@@H](O)COC(=O)CCCCCCCCCCCCCCCCCC. The molecule has 0 heterocycles. The second kappa shape index (κ2) is 35.9. The van der Waals surface area contributed by atoms with E-state index in [1.165, 1.54) is 103 Å². The van der Waals surface area contributed by atoms with Gasteiger partial charge in [-0.1, -0.05) is 161 Å². The van der Waals surface area contributed by atoms with Crippen LogP contribution in [0.3, 0.4) is 0 Å². The summed E-state index contributed by atoms with van der Waals surface area (Å²) in [7, 11) is 0. The van der Waals surface area contributed by atoms with Crippen LogP contribution in [0.2, 0.25) is 0 Å². The van der Waals surface area contributed by atoms with Gasteiger partial charge in [-0.15, -0.1) is 0 Å². The largest absolute Gasteiger partial charge is 0.463 e. The van der Waals surface area contributed by atoms with E-state index in [0.717, 1.165) is 51.4 Å². The lowest BCUT2D eigenvalue weighted by Crippen LogP contribution is -2.25. The fourth-order valence-electron chi connectivity index (χ4n) is 5.76. The second-order valence-corrected chi connectivity index (χ2v) is 13.7. The molecule has 0 fully saturated rings. The molecular weight excluding hydrogens is 592 g/mol. The smallest absolute Gasteiger partial charge is 0.305 e. The van der Waals surface area contributed by atoms with Gasteiger partial charge in [-0.05, 0) is 38.5 Å². The molecule has 0 aromatic rings. The first-order valence-corrected chi connectivity index (χ1v) is 19.9. The van der Waals surface area contributed by atoms with Crippen molar-refractivity contribution in [3.63, 3.8) is 0 Å². The minimum Gasteiger partial charge on any atom is -0.463 e. The van der Waals surface area contributed by atoms with Crippen molar-refractivity contribution >= 4 is 11.9 Å². The lowest BCUT2D eigenvalue weighted by Gasteiger charge is -2.16. The Morgan fingerprint density at radius 1 is 0.489 bits per heavy atom. The number of ether oxygens (including phenoxy) is 2. The molecule has 0 aliphatic heterocycles. The number of carbonyl (C=O) groups excluding carboxylic acids is 2. The van der Waals surface area contributed by atoms with E-state index >= 15 is 0 Å². The normalized spacial score (nSPS) is 13.6. The molecular formula is C40H76O7. The van der Waals surface area contributed by atoms with Crippen LogP contribution in [0.5, 0.6) is 0 Å². The lowest BCUT2D eigenvalue weighted by molar-refractivity contribution is -0.152. The zero-order chi connectivity index (χ0) is 34.6. The van der Waals surface area contributed by atoms with E-state index in [2.05, 4.69) is 19.9 Å². The zero-order valence-electron chi connectivity index (χ0n) is 30.8. The summed E-state index contributed by atoms with van der Waals surface area (Å²) in [6.07, 6.45) is 32.9. The molecule has 47 heavy (non-hydrogen) atoms. The van der Waals surface area contributed by atoms with Gasteiger partial charge in [-0.3, -0.25) is 9.59 Å².